The van der Waals surface area contributed by atoms with E-state index < -0.39 is 0 Å². The molecule has 1 saturated heterocycles. The fourth-order valence-corrected chi connectivity index (χ4v) is 3.00. The van der Waals surface area contributed by atoms with Crippen molar-refractivity contribution in [2.45, 2.75) is 0 Å². The maximum absolute atomic E-state index is 12.4. The number of rotatable bonds is 5. The molecule has 0 bridgehead atoms. The molecule has 2 aromatic rings. The minimum absolute atomic E-state index is 0.0156. The molecule has 0 saturated carbocycles. The number of amides is 2. The molecule has 1 fully saturated rings. The molecule has 142 valence electrons. The molecule has 0 unspecified atom stereocenters. The van der Waals surface area contributed by atoms with Gasteiger partial charge in [0.1, 0.15) is 0 Å². The van der Waals surface area contributed by atoms with Crippen molar-refractivity contribution in [3.05, 3.63) is 58.1 Å². The number of morpholine rings is 1. The summed E-state index contributed by atoms with van der Waals surface area (Å²) in [5, 5.41) is 6.40. The van der Waals surface area contributed by atoms with Crippen LogP contribution in [0.25, 0.3) is 0 Å². The van der Waals surface area contributed by atoms with E-state index in [-0.39, 0.29) is 18.4 Å². The zero-order chi connectivity index (χ0) is 19.2. The van der Waals surface area contributed by atoms with Gasteiger partial charge in [-0.2, -0.15) is 0 Å². The number of benzene rings is 2. The van der Waals surface area contributed by atoms with E-state index in [0.717, 1.165) is 5.69 Å². The standard InChI is InChI=1S/C19H19Cl2N3O3/c20-15-2-1-3-16(18(15)21)23-17(25)12-22-14-6-4-13(5-7-14)19(26)24-8-10-27-11-9-24/h1-7,22H,8-12H2,(H,23,25). The van der Waals surface area contributed by atoms with E-state index in [1.165, 1.54) is 0 Å². The maximum Gasteiger partial charge on any atom is 0.254 e. The van der Waals surface area contributed by atoms with Gasteiger partial charge < -0.3 is 20.3 Å². The van der Waals surface area contributed by atoms with E-state index in [1.807, 2.05) is 0 Å². The first-order valence-electron chi connectivity index (χ1n) is 8.49. The van der Waals surface area contributed by atoms with E-state index in [2.05, 4.69) is 10.6 Å². The van der Waals surface area contributed by atoms with E-state index >= 15 is 0 Å². The molecule has 1 heterocycles. The van der Waals surface area contributed by atoms with Gasteiger partial charge in [0.2, 0.25) is 5.91 Å². The highest BCUT2D eigenvalue weighted by molar-refractivity contribution is 6.44. The third-order valence-corrected chi connectivity index (χ3v) is 4.93. The lowest BCUT2D eigenvalue weighted by molar-refractivity contribution is -0.114. The number of nitrogens with one attached hydrogen (secondary N) is 2. The summed E-state index contributed by atoms with van der Waals surface area (Å²) in [6, 6.07) is 12.1. The summed E-state index contributed by atoms with van der Waals surface area (Å²) < 4.78 is 5.26. The Morgan fingerprint density at radius 3 is 2.44 bits per heavy atom. The largest absolute Gasteiger partial charge is 0.378 e. The van der Waals surface area contributed by atoms with E-state index in [4.69, 9.17) is 27.9 Å². The van der Waals surface area contributed by atoms with Crippen molar-refractivity contribution in [2.24, 2.45) is 0 Å². The Hall–Kier alpha value is -2.28. The lowest BCUT2D eigenvalue weighted by atomic mass is 10.1. The summed E-state index contributed by atoms with van der Waals surface area (Å²) in [7, 11) is 0. The number of hydrogen-bond donors (Lipinski definition) is 2. The molecule has 0 aliphatic carbocycles. The number of nitrogens with zero attached hydrogens (tertiary/aromatic N) is 1. The van der Waals surface area contributed by atoms with Crippen LogP contribution in [0.3, 0.4) is 0 Å². The van der Waals surface area contributed by atoms with Crippen LogP contribution < -0.4 is 10.6 Å². The molecule has 2 amide bonds. The molecule has 2 aromatic carbocycles. The van der Waals surface area contributed by atoms with Crippen molar-refractivity contribution in [3.63, 3.8) is 0 Å². The summed E-state index contributed by atoms with van der Waals surface area (Å²) in [5.74, 6) is -0.272. The molecule has 0 atom stereocenters. The van der Waals surface area contributed by atoms with Crippen LogP contribution >= 0.6 is 23.2 Å². The molecular weight excluding hydrogens is 389 g/mol. The van der Waals surface area contributed by atoms with Gasteiger partial charge in [0.15, 0.2) is 0 Å². The van der Waals surface area contributed by atoms with Crippen molar-refractivity contribution in [1.29, 1.82) is 0 Å². The van der Waals surface area contributed by atoms with Gasteiger partial charge in [0.05, 0.1) is 35.5 Å². The van der Waals surface area contributed by atoms with Crippen molar-refractivity contribution >= 4 is 46.4 Å². The molecular formula is C19H19Cl2N3O3. The molecule has 6 nitrogen and oxygen atoms in total. The number of anilines is 2. The SMILES string of the molecule is O=C(CNc1ccc(C(=O)N2CCOCC2)cc1)Nc1cccc(Cl)c1Cl. The van der Waals surface area contributed by atoms with Crippen LogP contribution in [-0.2, 0) is 9.53 Å². The Bertz CT molecular complexity index is 821. The Morgan fingerprint density at radius 2 is 1.74 bits per heavy atom. The monoisotopic (exact) mass is 407 g/mol. The number of carbonyl (C=O) groups excluding carboxylic acids is 2. The van der Waals surface area contributed by atoms with E-state index in [9.17, 15) is 9.59 Å². The van der Waals surface area contributed by atoms with Gasteiger partial charge in [-0.25, -0.2) is 0 Å². The average molecular weight is 408 g/mol. The Balaban J connectivity index is 1.53. The molecule has 0 spiro atoms. The molecule has 2 N–H and O–H groups in total. The topological polar surface area (TPSA) is 70.7 Å². The predicted molar refractivity (Wildman–Crippen MR) is 107 cm³/mol. The van der Waals surface area contributed by atoms with Crippen LogP contribution in [0.2, 0.25) is 10.0 Å². The van der Waals surface area contributed by atoms with Gasteiger partial charge in [-0.1, -0.05) is 29.3 Å². The van der Waals surface area contributed by atoms with Gasteiger partial charge >= 0.3 is 0 Å². The predicted octanol–water partition coefficient (Wildman–Crippen LogP) is 3.52. The molecule has 0 radical (unpaired) electrons. The summed E-state index contributed by atoms with van der Waals surface area (Å²) in [4.78, 5) is 26.3. The van der Waals surface area contributed by atoms with Crippen LogP contribution in [0.1, 0.15) is 10.4 Å². The fraction of sp³-hybridized carbons (Fsp3) is 0.263. The molecule has 1 aliphatic rings. The van der Waals surface area contributed by atoms with Crippen LogP contribution in [0.4, 0.5) is 11.4 Å². The first-order valence-corrected chi connectivity index (χ1v) is 9.25. The molecule has 27 heavy (non-hydrogen) atoms. The maximum atomic E-state index is 12.4. The van der Waals surface area contributed by atoms with Gasteiger partial charge in [0, 0.05) is 24.3 Å². The highest BCUT2D eigenvalue weighted by Gasteiger charge is 2.18. The lowest BCUT2D eigenvalue weighted by Crippen LogP contribution is -2.40. The second-order valence-corrected chi connectivity index (χ2v) is 6.77. The number of hydrogen-bond acceptors (Lipinski definition) is 4. The molecule has 1 aliphatic heterocycles. The van der Waals surface area contributed by atoms with Crippen LogP contribution in [-0.4, -0.2) is 49.6 Å². The lowest BCUT2D eigenvalue weighted by Gasteiger charge is -2.26. The van der Waals surface area contributed by atoms with Gasteiger partial charge in [0.25, 0.3) is 5.91 Å². The number of ether oxygens (including phenoxy) is 1. The van der Waals surface area contributed by atoms with Gasteiger partial charge in [-0.05, 0) is 36.4 Å². The second kappa shape index (κ2) is 9.08. The summed E-state index contributed by atoms with van der Waals surface area (Å²) in [6.07, 6.45) is 0. The third-order valence-electron chi connectivity index (χ3n) is 4.11. The summed E-state index contributed by atoms with van der Waals surface area (Å²) in [5.41, 5.74) is 1.81. The molecule has 3 rings (SSSR count). The highest BCUT2D eigenvalue weighted by atomic mass is 35.5. The summed E-state index contributed by atoms with van der Waals surface area (Å²) >= 11 is 12.0. The van der Waals surface area contributed by atoms with E-state index in [1.54, 1.807) is 47.4 Å². The number of halogens is 2. The Labute approximate surface area is 167 Å². The minimum Gasteiger partial charge on any atom is -0.378 e. The van der Waals surface area contributed by atoms with Gasteiger partial charge in [-0.3, -0.25) is 9.59 Å². The Morgan fingerprint density at radius 1 is 1.04 bits per heavy atom. The zero-order valence-electron chi connectivity index (χ0n) is 14.5. The van der Waals surface area contributed by atoms with Crippen molar-refractivity contribution < 1.29 is 14.3 Å². The fourth-order valence-electron chi connectivity index (χ4n) is 2.66. The van der Waals surface area contributed by atoms with E-state index in [0.29, 0.717) is 47.6 Å². The highest BCUT2D eigenvalue weighted by Crippen LogP contribution is 2.29. The average Bonchev–Trinajstić information content (AvgIpc) is 2.70. The van der Waals surface area contributed by atoms with Gasteiger partial charge in [-0.15, -0.1) is 0 Å². The first-order chi connectivity index (χ1) is 13.0. The summed E-state index contributed by atoms with van der Waals surface area (Å²) in [6.45, 7) is 2.39. The smallest absolute Gasteiger partial charge is 0.254 e. The third kappa shape index (κ3) is 5.13. The van der Waals surface area contributed by atoms with Crippen molar-refractivity contribution in [1.82, 2.24) is 4.90 Å². The van der Waals surface area contributed by atoms with Crippen molar-refractivity contribution in [2.75, 3.05) is 43.5 Å². The minimum atomic E-state index is -0.257. The first kappa shape index (κ1) is 19.5. The number of carbonyl (C=O) groups is 2. The molecule has 8 heteroatoms. The van der Waals surface area contributed by atoms with Crippen LogP contribution in [0, 0.1) is 0 Å². The van der Waals surface area contributed by atoms with Crippen LogP contribution in [0.15, 0.2) is 42.5 Å². The van der Waals surface area contributed by atoms with Crippen LogP contribution in [0.5, 0.6) is 0 Å². The normalized spacial score (nSPS) is 13.9. The van der Waals surface area contributed by atoms with Crippen molar-refractivity contribution in [3.8, 4) is 0 Å². The quantitative estimate of drug-likeness (QED) is 0.795. The Kier molecular flexibility index (Phi) is 6.55. The zero-order valence-corrected chi connectivity index (χ0v) is 16.0. The second-order valence-electron chi connectivity index (χ2n) is 5.99. The molecule has 0 aromatic heterocycles.